The van der Waals surface area contributed by atoms with Crippen LogP contribution in [0.3, 0.4) is 0 Å². The summed E-state index contributed by atoms with van der Waals surface area (Å²) in [5, 5.41) is 0.724. The molecule has 2 aliphatic heterocycles. The Hall–Kier alpha value is -4.10. The maximum absolute atomic E-state index is 14.9. The highest BCUT2D eigenvalue weighted by atomic mass is 19.1. The molecule has 39 heavy (non-hydrogen) atoms. The highest BCUT2D eigenvalue weighted by Crippen LogP contribution is 2.45. The van der Waals surface area contributed by atoms with Gasteiger partial charge in [0.05, 0.1) is 36.4 Å². The summed E-state index contributed by atoms with van der Waals surface area (Å²) < 4.78 is 26.6. The summed E-state index contributed by atoms with van der Waals surface area (Å²) in [6, 6.07) is 22.4. The van der Waals surface area contributed by atoms with E-state index in [1.54, 1.807) is 23.2 Å². The van der Waals surface area contributed by atoms with Crippen LogP contribution in [0.2, 0.25) is 0 Å². The van der Waals surface area contributed by atoms with Gasteiger partial charge >= 0.3 is 6.09 Å². The van der Waals surface area contributed by atoms with E-state index in [0.717, 1.165) is 16.5 Å². The Bertz CT molecular complexity index is 1540. The summed E-state index contributed by atoms with van der Waals surface area (Å²) in [4.78, 5) is 32.8. The molecule has 1 amide bonds. The molecule has 4 aromatic rings. The number of carbonyl (C=O) groups excluding carboxylic acids is 2. The third-order valence-electron chi connectivity index (χ3n) is 8.40. The van der Waals surface area contributed by atoms with Crippen molar-refractivity contribution in [1.82, 2.24) is 9.88 Å². The first-order valence-corrected chi connectivity index (χ1v) is 13.4. The minimum Gasteiger partial charge on any atom is -0.448 e. The van der Waals surface area contributed by atoms with Gasteiger partial charge < -0.3 is 9.47 Å². The highest BCUT2D eigenvalue weighted by Gasteiger charge is 2.45. The van der Waals surface area contributed by atoms with Gasteiger partial charge in [0.1, 0.15) is 12.4 Å². The van der Waals surface area contributed by atoms with Gasteiger partial charge in [-0.05, 0) is 47.2 Å². The van der Waals surface area contributed by atoms with Crippen molar-refractivity contribution in [2.45, 2.75) is 30.8 Å². The summed E-state index contributed by atoms with van der Waals surface area (Å²) in [6.07, 6.45) is 2.03. The zero-order valence-electron chi connectivity index (χ0n) is 21.3. The van der Waals surface area contributed by atoms with Crippen molar-refractivity contribution in [3.05, 3.63) is 102 Å². The fourth-order valence-corrected chi connectivity index (χ4v) is 6.60. The van der Waals surface area contributed by atoms with Crippen LogP contribution in [0.1, 0.15) is 40.2 Å². The first-order chi connectivity index (χ1) is 19.1. The Morgan fingerprint density at radius 3 is 2.28 bits per heavy atom. The summed E-state index contributed by atoms with van der Waals surface area (Å²) in [7, 11) is 0. The molecule has 196 valence electrons. The van der Waals surface area contributed by atoms with Gasteiger partial charge in [0.25, 0.3) is 0 Å². The Morgan fingerprint density at radius 1 is 0.923 bits per heavy atom. The number of hydrogen-bond acceptors (Lipinski definition) is 5. The van der Waals surface area contributed by atoms with Gasteiger partial charge in [-0.25, -0.2) is 9.18 Å². The van der Waals surface area contributed by atoms with E-state index in [2.05, 4.69) is 29.2 Å². The lowest BCUT2D eigenvalue weighted by molar-refractivity contribution is -0.0748. The van der Waals surface area contributed by atoms with Crippen molar-refractivity contribution in [3.8, 4) is 11.1 Å². The van der Waals surface area contributed by atoms with E-state index in [4.69, 9.17) is 9.47 Å². The van der Waals surface area contributed by atoms with Crippen LogP contribution in [0.5, 0.6) is 0 Å². The average Bonchev–Trinajstić information content (AvgIpc) is 3.28. The second-order valence-electron chi connectivity index (χ2n) is 10.6. The SMILES string of the molecule is O=C(c1cc2cccnc2cc1F)C1CC2COCC(C1)N2C(=O)OCC1c2ccccc2-c2ccccc21. The van der Waals surface area contributed by atoms with Crippen molar-refractivity contribution < 1.29 is 23.5 Å². The van der Waals surface area contributed by atoms with Gasteiger partial charge in [-0.2, -0.15) is 0 Å². The van der Waals surface area contributed by atoms with E-state index in [9.17, 15) is 14.0 Å². The molecule has 2 saturated heterocycles. The molecule has 0 N–H and O–H groups in total. The number of halogens is 1. The number of benzene rings is 3. The number of hydrogen-bond donors (Lipinski definition) is 0. The van der Waals surface area contributed by atoms with Crippen LogP contribution in [0.15, 0.2) is 79.0 Å². The van der Waals surface area contributed by atoms with Crippen LogP contribution in [0, 0.1) is 11.7 Å². The highest BCUT2D eigenvalue weighted by molar-refractivity contribution is 6.01. The standard InChI is InChI=1S/C32H27FN2O4/c33-29-15-30-19(6-5-11-34-30)14-27(29)31(36)20-12-21-16-38-17-22(13-20)35(21)32(37)39-18-28-25-9-3-1-7-23(25)24-8-2-4-10-26(24)28/h1-11,14-15,20-22,28H,12-13,16-18H2. The van der Waals surface area contributed by atoms with Crippen molar-refractivity contribution in [1.29, 1.82) is 0 Å². The number of carbonyl (C=O) groups is 2. The number of aromatic nitrogens is 1. The number of piperidine rings is 1. The van der Waals surface area contributed by atoms with Gasteiger partial charge in [0, 0.05) is 29.5 Å². The lowest BCUT2D eigenvalue weighted by Gasteiger charge is -2.47. The first-order valence-electron chi connectivity index (χ1n) is 13.4. The topological polar surface area (TPSA) is 68.7 Å². The molecule has 3 aliphatic rings. The lowest BCUT2D eigenvalue weighted by Crippen LogP contribution is -2.60. The van der Waals surface area contributed by atoms with Crippen molar-refractivity contribution in [2.24, 2.45) is 5.92 Å². The molecule has 2 fully saturated rings. The molecule has 1 aromatic heterocycles. The maximum atomic E-state index is 14.9. The molecule has 0 spiro atoms. The number of nitrogens with zero attached hydrogens (tertiary/aromatic N) is 2. The zero-order valence-corrected chi connectivity index (χ0v) is 21.3. The van der Waals surface area contributed by atoms with Crippen molar-refractivity contribution >= 4 is 22.8 Å². The fraction of sp³-hybridized carbons (Fsp3) is 0.281. The second-order valence-corrected chi connectivity index (χ2v) is 10.6. The number of morpholine rings is 1. The normalized spacial score (nSPS) is 21.9. The molecule has 2 bridgehead atoms. The van der Waals surface area contributed by atoms with Crippen LogP contribution < -0.4 is 0 Å². The Balaban J connectivity index is 1.08. The molecule has 3 heterocycles. The second kappa shape index (κ2) is 9.58. The lowest BCUT2D eigenvalue weighted by atomic mass is 9.80. The predicted octanol–water partition coefficient (Wildman–Crippen LogP) is 5.99. The number of pyridine rings is 1. The maximum Gasteiger partial charge on any atom is 0.410 e. The Labute approximate surface area is 225 Å². The van der Waals surface area contributed by atoms with E-state index in [1.807, 2.05) is 30.3 Å². The molecule has 2 unspecified atom stereocenters. The van der Waals surface area contributed by atoms with Crippen LogP contribution in [-0.2, 0) is 9.47 Å². The summed E-state index contributed by atoms with van der Waals surface area (Å²) in [6.45, 7) is 0.894. The molecule has 3 aromatic carbocycles. The molecule has 2 atom stereocenters. The third kappa shape index (κ3) is 4.08. The molecular formula is C32H27FN2O4. The zero-order chi connectivity index (χ0) is 26.5. The largest absolute Gasteiger partial charge is 0.448 e. The molecule has 0 saturated carbocycles. The van der Waals surface area contributed by atoms with Crippen LogP contribution in [0.25, 0.3) is 22.0 Å². The number of Topliss-reactive ketones (excluding diaryl/α,β-unsaturated/α-hetero) is 1. The van der Waals surface area contributed by atoms with Crippen molar-refractivity contribution in [3.63, 3.8) is 0 Å². The van der Waals surface area contributed by atoms with Crippen LogP contribution in [0.4, 0.5) is 9.18 Å². The van der Waals surface area contributed by atoms with Gasteiger partial charge in [-0.1, -0.05) is 54.6 Å². The molecule has 1 aliphatic carbocycles. The van der Waals surface area contributed by atoms with Crippen LogP contribution in [-0.4, -0.2) is 53.7 Å². The Morgan fingerprint density at radius 2 is 1.59 bits per heavy atom. The van der Waals surface area contributed by atoms with Crippen molar-refractivity contribution in [2.75, 3.05) is 19.8 Å². The third-order valence-corrected chi connectivity index (χ3v) is 8.40. The number of rotatable bonds is 4. The Kier molecular flexibility index (Phi) is 5.89. The number of amides is 1. The number of ether oxygens (including phenoxy) is 2. The quantitative estimate of drug-likeness (QED) is 0.308. The minimum atomic E-state index is -0.563. The van der Waals surface area contributed by atoms with E-state index in [-0.39, 0.29) is 42.0 Å². The molecule has 7 rings (SSSR count). The number of fused-ring (bicyclic) bond motifs is 6. The van der Waals surface area contributed by atoms with Gasteiger partial charge in [0.2, 0.25) is 0 Å². The molecule has 7 heteroatoms. The number of ketones is 1. The van der Waals surface area contributed by atoms with E-state index in [0.29, 0.717) is 31.6 Å². The molecule has 0 radical (unpaired) electrons. The van der Waals surface area contributed by atoms with Crippen LogP contribution >= 0.6 is 0 Å². The van der Waals surface area contributed by atoms with Gasteiger partial charge in [0.15, 0.2) is 5.78 Å². The van der Waals surface area contributed by atoms with Gasteiger partial charge in [-0.15, -0.1) is 0 Å². The summed E-state index contributed by atoms with van der Waals surface area (Å²) in [5.74, 6) is -1.22. The van der Waals surface area contributed by atoms with E-state index in [1.165, 1.54) is 17.2 Å². The van der Waals surface area contributed by atoms with E-state index >= 15 is 0 Å². The molecule has 6 nitrogen and oxygen atoms in total. The predicted molar refractivity (Wildman–Crippen MR) is 144 cm³/mol. The molecular weight excluding hydrogens is 495 g/mol. The average molecular weight is 523 g/mol. The minimum absolute atomic E-state index is 0.0260. The summed E-state index contributed by atoms with van der Waals surface area (Å²) >= 11 is 0. The fourth-order valence-electron chi connectivity index (χ4n) is 6.60. The van der Waals surface area contributed by atoms with Gasteiger partial charge in [-0.3, -0.25) is 14.7 Å². The smallest absolute Gasteiger partial charge is 0.410 e. The van der Waals surface area contributed by atoms with E-state index < -0.39 is 11.7 Å². The first kappa shape index (κ1) is 24.0. The monoisotopic (exact) mass is 522 g/mol. The summed E-state index contributed by atoms with van der Waals surface area (Å²) in [5.41, 5.74) is 5.26.